The molecule has 0 atom stereocenters. The van der Waals surface area contributed by atoms with Gasteiger partial charge in [0.05, 0.1) is 5.56 Å². The first-order valence-corrected chi connectivity index (χ1v) is 9.20. The van der Waals surface area contributed by atoms with E-state index in [2.05, 4.69) is 68.9 Å². The first-order valence-electron chi connectivity index (χ1n) is 9.20. The van der Waals surface area contributed by atoms with Crippen molar-refractivity contribution in [3.05, 3.63) is 47.7 Å². The van der Waals surface area contributed by atoms with Gasteiger partial charge in [0.25, 0.3) is 0 Å². The zero-order valence-corrected chi connectivity index (χ0v) is 15.4. The van der Waals surface area contributed by atoms with Crippen LogP contribution in [0, 0.1) is 6.92 Å². The topological polar surface area (TPSA) is 13.1 Å². The average Bonchev–Trinajstić information content (AvgIpc) is 2.96. The molecule has 0 N–H and O–H groups in total. The number of pyridine rings is 1. The highest BCUT2D eigenvalue weighted by Gasteiger charge is 2.47. The predicted molar refractivity (Wildman–Crippen MR) is 97.3 cm³/mol. The van der Waals surface area contributed by atoms with Crippen LogP contribution in [-0.4, -0.2) is 5.60 Å². The predicted octanol–water partition coefficient (Wildman–Crippen LogP) is 4.86. The summed E-state index contributed by atoms with van der Waals surface area (Å²) < 4.78 is 8.82. The standard InChI is InChI=1S/C22H28NO/c1-16-10-11-17-20(19(16)18-9-5-8-14-23(18)4)24-21(2,3)15-22(17)12-6-7-13-22/h5,8-11,14H,6-7,12-13,15H2,1-4H3/q+1. The third-order valence-electron chi connectivity index (χ3n) is 5.95. The van der Waals surface area contributed by atoms with Crippen molar-refractivity contribution < 1.29 is 9.30 Å². The number of rotatable bonds is 1. The van der Waals surface area contributed by atoms with Gasteiger partial charge in [0, 0.05) is 23.1 Å². The molecule has 0 radical (unpaired) electrons. The summed E-state index contributed by atoms with van der Waals surface area (Å²) in [6, 6.07) is 11.0. The van der Waals surface area contributed by atoms with Gasteiger partial charge in [-0.3, -0.25) is 0 Å². The molecule has 2 heteroatoms. The van der Waals surface area contributed by atoms with E-state index in [1.165, 1.54) is 48.1 Å². The van der Waals surface area contributed by atoms with Gasteiger partial charge in [-0.25, -0.2) is 4.57 Å². The van der Waals surface area contributed by atoms with Crippen LogP contribution in [0.25, 0.3) is 11.3 Å². The summed E-state index contributed by atoms with van der Waals surface area (Å²) in [6.07, 6.45) is 8.55. The molecule has 126 valence electrons. The molecule has 1 aromatic heterocycles. The van der Waals surface area contributed by atoms with Crippen LogP contribution in [-0.2, 0) is 12.5 Å². The van der Waals surface area contributed by atoms with Crippen LogP contribution in [0.15, 0.2) is 36.5 Å². The van der Waals surface area contributed by atoms with E-state index in [9.17, 15) is 0 Å². The van der Waals surface area contributed by atoms with Gasteiger partial charge >= 0.3 is 0 Å². The molecular formula is C22H28NO+. The molecule has 0 bridgehead atoms. The number of benzene rings is 1. The Morgan fingerprint density at radius 2 is 1.79 bits per heavy atom. The van der Waals surface area contributed by atoms with E-state index in [4.69, 9.17) is 4.74 Å². The Labute approximate surface area is 145 Å². The molecule has 2 aliphatic rings. The number of aryl methyl sites for hydroxylation is 2. The second-order valence-corrected chi connectivity index (χ2v) is 8.36. The van der Waals surface area contributed by atoms with Crippen molar-refractivity contribution in [2.24, 2.45) is 7.05 Å². The molecule has 1 fully saturated rings. The molecule has 1 aliphatic carbocycles. The minimum absolute atomic E-state index is 0.104. The Hall–Kier alpha value is -1.83. The van der Waals surface area contributed by atoms with Crippen LogP contribution in [0.3, 0.4) is 0 Å². The zero-order valence-electron chi connectivity index (χ0n) is 15.4. The fourth-order valence-electron chi connectivity index (χ4n) is 5.03. The normalized spacial score (nSPS) is 20.7. The SMILES string of the molecule is Cc1ccc2c(c1-c1cccc[n+]1C)OC(C)(C)CC21CCCC1. The minimum Gasteiger partial charge on any atom is -0.487 e. The lowest BCUT2D eigenvalue weighted by Crippen LogP contribution is -2.43. The van der Waals surface area contributed by atoms with Crippen molar-refractivity contribution in [2.75, 3.05) is 0 Å². The van der Waals surface area contributed by atoms with E-state index < -0.39 is 0 Å². The van der Waals surface area contributed by atoms with Crippen LogP contribution in [0.2, 0.25) is 0 Å². The Morgan fingerprint density at radius 1 is 1.04 bits per heavy atom. The number of fused-ring (bicyclic) bond motifs is 2. The third-order valence-corrected chi connectivity index (χ3v) is 5.95. The number of hydrogen-bond donors (Lipinski definition) is 0. The molecule has 1 aromatic carbocycles. The highest BCUT2D eigenvalue weighted by molar-refractivity contribution is 5.73. The summed E-state index contributed by atoms with van der Waals surface area (Å²) in [5.74, 6) is 1.13. The van der Waals surface area contributed by atoms with Crippen molar-refractivity contribution >= 4 is 0 Å². The number of ether oxygens (including phenoxy) is 1. The second-order valence-electron chi connectivity index (χ2n) is 8.36. The van der Waals surface area contributed by atoms with E-state index in [0.29, 0.717) is 5.41 Å². The summed E-state index contributed by atoms with van der Waals surface area (Å²) in [7, 11) is 2.12. The van der Waals surface area contributed by atoms with E-state index >= 15 is 0 Å². The largest absolute Gasteiger partial charge is 0.487 e. The molecule has 1 spiro atoms. The third kappa shape index (κ3) is 2.35. The lowest BCUT2D eigenvalue weighted by Gasteiger charge is -2.45. The van der Waals surface area contributed by atoms with Gasteiger partial charge in [0.15, 0.2) is 6.20 Å². The molecular weight excluding hydrogens is 294 g/mol. The maximum Gasteiger partial charge on any atom is 0.216 e. The maximum atomic E-state index is 6.61. The Bertz CT molecular complexity index is 785. The van der Waals surface area contributed by atoms with Gasteiger partial charge in [0.1, 0.15) is 18.4 Å². The summed E-state index contributed by atoms with van der Waals surface area (Å²) in [5.41, 5.74) is 5.46. The van der Waals surface area contributed by atoms with Crippen molar-refractivity contribution in [1.82, 2.24) is 0 Å². The zero-order chi connectivity index (χ0) is 16.9. The van der Waals surface area contributed by atoms with Gasteiger partial charge in [-0.15, -0.1) is 0 Å². The highest BCUT2D eigenvalue weighted by Crippen LogP contribution is 2.55. The summed E-state index contributed by atoms with van der Waals surface area (Å²) >= 11 is 0. The lowest BCUT2D eigenvalue weighted by molar-refractivity contribution is -0.660. The molecule has 2 nitrogen and oxygen atoms in total. The fourth-order valence-corrected chi connectivity index (χ4v) is 5.03. The first-order chi connectivity index (χ1) is 11.4. The van der Waals surface area contributed by atoms with Crippen molar-refractivity contribution in [2.45, 2.75) is 63.9 Å². The molecule has 2 heterocycles. The van der Waals surface area contributed by atoms with Crippen molar-refractivity contribution in [3.63, 3.8) is 0 Å². The van der Waals surface area contributed by atoms with Gasteiger partial charge in [-0.1, -0.05) is 25.0 Å². The minimum atomic E-state index is -0.104. The monoisotopic (exact) mass is 322 g/mol. The van der Waals surface area contributed by atoms with Crippen LogP contribution < -0.4 is 9.30 Å². The van der Waals surface area contributed by atoms with E-state index in [1.807, 2.05) is 0 Å². The maximum absolute atomic E-state index is 6.61. The smallest absolute Gasteiger partial charge is 0.216 e. The van der Waals surface area contributed by atoms with Crippen LogP contribution in [0.5, 0.6) is 5.75 Å². The second kappa shape index (κ2) is 5.34. The van der Waals surface area contributed by atoms with Crippen LogP contribution >= 0.6 is 0 Å². The molecule has 2 aromatic rings. The lowest BCUT2D eigenvalue weighted by atomic mass is 9.68. The average molecular weight is 322 g/mol. The molecule has 24 heavy (non-hydrogen) atoms. The first kappa shape index (κ1) is 15.7. The van der Waals surface area contributed by atoms with Crippen LogP contribution in [0.4, 0.5) is 0 Å². The molecule has 4 rings (SSSR count). The summed E-state index contributed by atoms with van der Waals surface area (Å²) in [6.45, 7) is 6.72. The Kier molecular flexibility index (Phi) is 3.49. The van der Waals surface area contributed by atoms with Crippen molar-refractivity contribution in [3.8, 4) is 17.0 Å². The molecule has 1 saturated carbocycles. The van der Waals surface area contributed by atoms with E-state index in [0.717, 1.165) is 12.2 Å². The molecule has 0 amide bonds. The van der Waals surface area contributed by atoms with E-state index in [-0.39, 0.29) is 5.60 Å². The number of aromatic nitrogens is 1. The van der Waals surface area contributed by atoms with Crippen LogP contribution in [0.1, 0.15) is 57.1 Å². The van der Waals surface area contributed by atoms with E-state index in [1.54, 1.807) is 0 Å². The Balaban J connectivity index is 1.99. The number of hydrogen-bond acceptors (Lipinski definition) is 1. The number of nitrogens with zero attached hydrogens (tertiary/aromatic N) is 1. The van der Waals surface area contributed by atoms with Crippen molar-refractivity contribution in [1.29, 1.82) is 0 Å². The Morgan fingerprint density at radius 3 is 2.50 bits per heavy atom. The van der Waals surface area contributed by atoms with Gasteiger partial charge in [0.2, 0.25) is 5.69 Å². The van der Waals surface area contributed by atoms with Gasteiger partial charge in [-0.2, -0.15) is 0 Å². The molecule has 1 aliphatic heterocycles. The summed E-state index contributed by atoms with van der Waals surface area (Å²) in [4.78, 5) is 0. The molecule has 0 unspecified atom stereocenters. The molecule has 0 saturated heterocycles. The summed E-state index contributed by atoms with van der Waals surface area (Å²) in [5, 5.41) is 0. The van der Waals surface area contributed by atoms with Gasteiger partial charge in [-0.05, 0) is 51.7 Å². The van der Waals surface area contributed by atoms with Gasteiger partial charge < -0.3 is 4.74 Å². The fraction of sp³-hybridized carbons (Fsp3) is 0.500. The quantitative estimate of drug-likeness (QED) is 0.683. The highest BCUT2D eigenvalue weighted by atomic mass is 16.5.